The molecule has 0 saturated carbocycles. The summed E-state index contributed by atoms with van der Waals surface area (Å²) in [5.74, 6) is -0.490. The van der Waals surface area contributed by atoms with Crippen LogP contribution >= 0.6 is 0 Å². The number of ether oxygens (including phenoxy) is 1. The van der Waals surface area contributed by atoms with Gasteiger partial charge in [0.1, 0.15) is 6.10 Å². The molecule has 4 nitrogen and oxygen atoms in total. The van der Waals surface area contributed by atoms with Crippen molar-refractivity contribution in [1.29, 1.82) is 0 Å². The zero-order valence-corrected chi connectivity index (χ0v) is 13.5. The van der Waals surface area contributed by atoms with E-state index in [1.54, 1.807) is 0 Å². The van der Waals surface area contributed by atoms with E-state index in [4.69, 9.17) is 4.74 Å². The molecule has 1 N–H and O–H groups in total. The van der Waals surface area contributed by atoms with Crippen molar-refractivity contribution in [1.82, 2.24) is 0 Å². The summed E-state index contributed by atoms with van der Waals surface area (Å²) in [6, 6.07) is 0. The SMILES string of the molecule is CC(C)=CCC/C(C)=C/[C@H]1OC(=O)C[C@]12C[C@H](O)C=CC2=O. The highest BCUT2D eigenvalue weighted by Gasteiger charge is 2.54. The fraction of sp³-hybridized carbons (Fsp3) is 0.556. The van der Waals surface area contributed by atoms with E-state index in [2.05, 4.69) is 19.9 Å². The van der Waals surface area contributed by atoms with Crippen LogP contribution in [0.2, 0.25) is 0 Å². The van der Waals surface area contributed by atoms with Gasteiger partial charge >= 0.3 is 5.97 Å². The van der Waals surface area contributed by atoms with Crippen molar-refractivity contribution in [3.05, 3.63) is 35.5 Å². The van der Waals surface area contributed by atoms with Crippen LogP contribution in [0.4, 0.5) is 0 Å². The molecule has 22 heavy (non-hydrogen) atoms. The quantitative estimate of drug-likeness (QED) is 0.641. The number of hydrogen-bond acceptors (Lipinski definition) is 4. The summed E-state index contributed by atoms with van der Waals surface area (Å²) in [6.45, 7) is 6.10. The summed E-state index contributed by atoms with van der Waals surface area (Å²) < 4.78 is 5.37. The molecular formula is C18H24O4. The predicted molar refractivity (Wildman–Crippen MR) is 84.1 cm³/mol. The van der Waals surface area contributed by atoms with Crippen molar-refractivity contribution >= 4 is 11.8 Å². The van der Waals surface area contributed by atoms with Crippen LogP contribution in [-0.2, 0) is 14.3 Å². The van der Waals surface area contributed by atoms with Crippen LogP contribution < -0.4 is 0 Å². The first-order valence-corrected chi connectivity index (χ1v) is 7.74. The zero-order chi connectivity index (χ0) is 16.3. The van der Waals surface area contributed by atoms with Crippen LogP contribution in [0.15, 0.2) is 35.5 Å². The minimum atomic E-state index is -0.928. The van der Waals surface area contributed by atoms with Crippen molar-refractivity contribution in [2.75, 3.05) is 0 Å². The molecule has 3 atom stereocenters. The molecule has 1 spiro atoms. The maximum Gasteiger partial charge on any atom is 0.307 e. The van der Waals surface area contributed by atoms with E-state index in [-0.39, 0.29) is 24.6 Å². The summed E-state index contributed by atoms with van der Waals surface area (Å²) in [4.78, 5) is 24.1. The molecule has 0 unspecified atom stereocenters. The van der Waals surface area contributed by atoms with Crippen molar-refractivity contribution < 1.29 is 19.4 Å². The van der Waals surface area contributed by atoms with Gasteiger partial charge in [0, 0.05) is 0 Å². The summed E-state index contributed by atoms with van der Waals surface area (Å²) >= 11 is 0. The molecule has 0 radical (unpaired) electrons. The number of aliphatic hydroxyl groups excluding tert-OH is 1. The van der Waals surface area contributed by atoms with E-state index in [0.717, 1.165) is 18.4 Å². The van der Waals surface area contributed by atoms with Gasteiger partial charge < -0.3 is 9.84 Å². The van der Waals surface area contributed by atoms with Crippen molar-refractivity contribution in [3.63, 3.8) is 0 Å². The Morgan fingerprint density at radius 3 is 2.82 bits per heavy atom. The van der Waals surface area contributed by atoms with E-state index >= 15 is 0 Å². The lowest BCUT2D eigenvalue weighted by Crippen LogP contribution is -2.42. The average Bonchev–Trinajstić information content (AvgIpc) is 2.70. The number of carbonyl (C=O) groups is 2. The van der Waals surface area contributed by atoms with Gasteiger partial charge in [-0.3, -0.25) is 9.59 Å². The predicted octanol–water partition coefficient (Wildman–Crippen LogP) is 2.87. The molecular weight excluding hydrogens is 280 g/mol. The van der Waals surface area contributed by atoms with Crippen LogP contribution in [0, 0.1) is 5.41 Å². The van der Waals surface area contributed by atoms with Crippen LogP contribution in [0.25, 0.3) is 0 Å². The summed E-state index contributed by atoms with van der Waals surface area (Å²) in [5.41, 5.74) is 1.43. The van der Waals surface area contributed by atoms with Crippen molar-refractivity contribution in [2.45, 2.75) is 58.7 Å². The Morgan fingerprint density at radius 2 is 2.14 bits per heavy atom. The maximum atomic E-state index is 12.3. The molecule has 1 aliphatic carbocycles. The molecule has 120 valence electrons. The Bertz CT molecular complexity index is 551. The number of rotatable bonds is 4. The molecule has 0 amide bonds. The first kappa shape index (κ1) is 16.7. The molecule has 2 rings (SSSR count). The summed E-state index contributed by atoms with van der Waals surface area (Å²) in [7, 11) is 0. The number of cyclic esters (lactones) is 1. The molecule has 1 aliphatic heterocycles. The van der Waals surface area contributed by atoms with Gasteiger partial charge in [-0.1, -0.05) is 23.3 Å². The first-order chi connectivity index (χ1) is 10.3. The Labute approximate surface area is 131 Å². The fourth-order valence-corrected chi connectivity index (χ4v) is 3.10. The third kappa shape index (κ3) is 3.55. The van der Waals surface area contributed by atoms with Gasteiger partial charge in [-0.05, 0) is 52.2 Å². The highest BCUT2D eigenvalue weighted by atomic mass is 16.6. The van der Waals surface area contributed by atoms with E-state index in [0.29, 0.717) is 0 Å². The number of hydrogen-bond donors (Lipinski definition) is 1. The first-order valence-electron chi connectivity index (χ1n) is 7.74. The molecule has 1 saturated heterocycles. The number of esters is 1. The van der Waals surface area contributed by atoms with Crippen molar-refractivity contribution in [2.24, 2.45) is 5.41 Å². The molecule has 0 aromatic carbocycles. The summed E-state index contributed by atoms with van der Waals surface area (Å²) in [5, 5.41) is 9.86. The number of allylic oxidation sites excluding steroid dienone is 4. The number of ketones is 1. The van der Waals surface area contributed by atoms with Crippen LogP contribution in [-0.4, -0.2) is 29.1 Å². The fourth-order valence-electron chi connectivity index (χ4n) is 3.10. The lowest BCUT2D eigenvalue weighted by molar-refractivity contribution is -0.140. The van der Waals surface area contributed by atoms with Gasteiger partial charge in [0.2, 0.25) is 0 Å². The van der Waals surface area contributed by atoms with Gasteiger partial charge in [0.25, 0.3) is 0 Å². The van der Waals surface area contributed by atoms with Crippen LogP contribution in [0.5, 0.6) is 0 Å². The Balaban J connectivity index is 2.17. The van der Waals surface area contributed by atoms with Gasteiger partial charge in [0.05, 0.1) is 17.9 Å². The van der Waals surface area contributed by atoms with E-state index < -0.39 is 17.6 Å². The Kier molecular flexibility index (Phi) is 5.01. The van der Waals surface area contributed by atoms with Crippen LogP contribution in [0.1, 0.15) is 46.5 Å². The lowest BCUT2D eigenvalue weighted by atomic mass is 9.69. The molecule has 1 heterocycles. The molecule has 0 aromatic rings. The Morgan fingerprint density at radius 1 is 1.41 bits per heavy atom. The monoisotopic (exact) mass is 304 g/mol. The normalized spacial score (nSPS) is 31.5. The zero-order valence-electron chi connectivity index (χ0n) is 13.5. The van der Waals surface area contributed by atoms with Gasteiger partial charge in [-0.25, -0.2) is 0 Å². The standard InChI is InChI=1S/C18H24O4/c1-12(2)5-4-6-13(3)9-16-18(11-17(21)22-16)10-14(19)7-8-15(18)20/h5,7-9,14,16,19H,4,6,10-11H2,1-3H3/b13-9+/t14-,16-,18+/m1/s1. The second-order valence-corrected chi connectivity index (χ2v) is 6.57. The minimum absolute atomic E-state index is 0.0512. The van der Waals surface area contributed by atoms with Gasteiger partial charge in [-0.2, -0.15) is 0 Å². The summed E-state index contributed by atoms with van der Waals surface area (Å²) in [6.07, 6.45) is 7.73. The molecule has 0 aromatic heterocycles. The molecule has 2 aliphatic rings. The number of carbonyl (C=O) groups excluding carboxylic acids is 2. The number of aliphatic hydroxyl groups is 1. The smallest absolute Gasteiger partial charge is 0.307 e. The second kappa shape index (κ2) is 6.61. The van der Waals surface area contributed by atoms with Gasteiger partial charge in [0.15, 0.2) is 5.78 Å². The third-order valence-electron chi connectivity index (χ3n) is 4.32. The van der Waals surface area contributed by atoms with Gasteiger partial charge in [-0.15, -0.1) is 0 Å². The minimum Gasteiger partial charge on any atom is -0.457 e. The average molecular weight is 304 g/mol. The maximum absolute atomic E-state index is 12.3. The van der Waals surface area contributed by atoms with Crippen LogP contribution in [0.3, 0.4) is 0 Å². The lowest BCUT2D eigenvalue weighted by Gasteiger charge is -2.32. The highest BCUT2D eigenvalue weighted by Crippen LogP contribution is 2.44. The highest BCUT2D eigenvalue weighted by molar-refractivity contribution is 6.00. The third-order valence-corrected chi connectivity index (χ3v) is 4.32. The molecule has 1 fully saturated rings. The largest absolute Gasteiger partial charge is 0.457 e. The second-order valence-electron chi connectivity index (χ2n) is 6.57. The van der Waals surface area contributed by atoms with Crippen molar-refractivity contribution in [3.8, 4) is 0 Å². The van der Waals surface area contributed by atoms with E-state index in [9.17, 15) is 14.7 Å². The molecule has 4 heteroatoms. The van der Waals surface area contributed by atoms with E-state index in [1.165, 1.54) is 17.7 Å². The molecule has 0 bridgehead atoms. The van der Waals surface area contributed by atoms with E-state index in [1.807, 2.05) is 13.0 Å². The topological polar surface area (TPSA) is 63.6 Å². The Hall–Kier alpha value is -1.68.